The lowest BCUT2D eigenvalue weighted by Gasteiger charge is -2.29. The zero-order valence-corrected chi connectivity index (χ0v) is 11.2. The van der Waals surface area contributed by atoms with Crippen LogP contribution in [0.3, 0.4) is 0 Å². The summed E-state index contributed by atoms with van der Waals surface area (Å²) in [5.74, 6) is -3.88. The van der Waals surface area contributed by atoms with Crippen LogP contribution in [0.15, 0.2) is 16.7 Å². The van der Waals surface area contributed by atoms with E-state index < -0.39 is 23.0 Å². The number of benzene rings is 1. The van der Waals surface area contributed by atoms with Gasteiger partial charge in [0.2, 0.25) is 0 Å². The van der Waals surface area contributed by atoms with Gasteiger partial charge in [-0.25, -0.2) is 13.2 Å². The number of nitrogens with zero attached hydrogens (tertiary/aromatic N) is 2. The van der Waals surface area contributed by atoms with Gasteiger partial charge in [0.05, 0.1) is 5.54 Å². The van der Waals surface area contributed by atoms with Crippen molar-refractivity contribution in [2.24, 2.45) is 5.73 Å². The molecule has 0 aliphatic heterocycles. The highest BCUT2D eigenvalue weighted by Crippen LogP contribution is 2.34. The molecule has 0 amide bonds. The van der Waals surface area contributed by atoms with Crippen LogP contribution in [-0.4, -0.2) is 10.1 Å². The Morgan fingerprint density at radius 3 is 2.29 bits per heavy atom. The summed E-state index contributed by atoms with van der Waals surface area (Å²) in [6.45, 7) is 0. The van der Waals surface area contributed by atoms with Gasteiger partial charge in [-0.15, -0.1) is 0 Å². The molecule has 3 rings (SSSR count). The summed E-state index contributed by atoms with van der Waals surface area (Å²) in [5.41, 5.74) is 5.58. The van der Waals surface area contributed by atoms with Crippen LogP contribution in [0.5, 0.6) is 0 Å². The molecule has 4 nitrogen and oxygen atoms in total. The van der Waals surface area contributed by atoms with Gasteiger partial charge in [0.25, 0.3) is 5.89 Å². The van der Waals surface area contributed by atoms with E-state index in [2.05, 4.69) is 10.1 Å². The van der Waals surface area contributed by atoms with E-state index in [1.807, 2.05) is 0 Å². The van der Waals surface area contributed by atoms with Gasteiger partial charge in [0.1, 0.15) is 0 Å². The van der Waals surface area contributed by atoms with E-state index in [1.165, 1.54) is 0 Å². The summed E-state index contributed by atoms with van der Waals surface area (Å²) in [6, 6.07) is 1.64. The molecule has 0 spiro atoms. The van der Waals surface area contributed by atoms with Crippen molar-refractivity contribution < 1.29 is 17.7 Å². The minimum Gasteiger partial charge on any atom is -0.334 e. The predicted molar refractivity (Wildman–Crippen MR) is 68.6 cm³/mol. The molecule has 0 bridgehead atoms. The fraction of sp³-hybridized carbons (Fsp3) is 0.429. The second-order valence-electron chi connectivity index (χ2n) is 5.39. The van der Waals surface area contributed by atoms with Crippen molar-refractivity contribution in [1.29, 1.82) is 0 Å². The molecule has 1 aliphatic rings. The zero-order chi connectivity index (χ0) is 15.0. The second-order valence-corrected chi connectivity index (χ2v) is 5.39. The monoisotopic (exact) mass is 297 g/mol. The smallest absolute Gasteiger partial charge is 0.258 e. The average molecular weight is 297 g/mol. The maximum atomic E-state index is 13.2. The first kappa shape index (κ1) is 14.1. The molecule has 1 aromatic carbocycles. The first-order valence-corrected chi connectivity index (χ1v) is 6.77. The summed E-state index contributed by atoms with van der Waals surface area (Å²) >= 11 is 0. The zero-order valence-electron chi connectivity index (χ0n) is 11.2. The van der Waals surface area contributed by atoms with Gasteiger partial charge in [-0.3, -0.25) is 0 Å². The Balaban J connectivity index is 1.95. The van der Waals surface area contributed by atoms with Crippen LogP contribution in [0, 0.1) is 17.5 Å². The molecule has 1 saturated carbocycles. The molecule has 112 valence electrons. The maximum Gasteiger partial charge on any atom is 0.258 e. The lowest BCUT2D eigenvalue weighted by molar-refractivity contribution is 0.275. The number of hydrogen-bond donors (Lipinski definition) is 1. The molecule has 21 heavy (non-hydrogen) atoms. The van der Waals surface area contributed by atoms with E-state index in [1.54, 1.807) is 0 Å². The van der Waals surface area contributed by atoms with Crippen LogP contribution in [0.4, 0.5) is 13.2 Å². The molecule has 1 aromatic heterocycles. The molecule has 1 fully saturated rings. The topological polar surface area (TPSA) is 64.9 Å². The Morgan fingerprint density at radius 1 is 1.05 bits per heavy atom. The lowest BCUT2D eigenvalue weighted by Crippen LogP contribution is -2.39. The Hall–Kier alpha value is -1.89. The number of halogens is 3. The fourth-order valence-corrected chi connectivity index (χ4v) is 2.63. The van der Waals surface area contributed by atoms with E-state index in [9.17, 15) is 13.2 Å². The van der Waals surface area contributed by atoms with Crippen LogP contribution in [0.25, 0.3) is 11.5 Å². The molecule has 2 aromatic rings. The predicted octanol–water partition coefficient (Wildman–Crippen LogP) is 3.27. The van der Waals surface area contributed by atoms with Gasteiger partial charge in [-0.05, 0) is 25.0 Å². The van der Waals surface area contributed by atoms with Gasteiger partial charge in [-0.2, -0.15) is 4.98 Å². The van der Waals surface area contributed by atoms with Crippen molar-refractivity contribution >= 4 is 0 Å². The molecular formula is C14H14F3N3O. The van der Waals surface area contributed by atoms with Crippen LogP contribution < -0.4 is 5.73 Å². The van der Waals surface area contributed by atoms with Crippen molar-refractivity contribution in [1.82, 2.24) is 10.1 Å². The quantitative estimate of drug-likeness (QED) is 0.864. The highest BCUT2D eigenvalue weighted by Gasteiger charge is 2.34. The summed E-state index contributed by atoms with van der Waals surface area (Å²) in [6.07, 6.45) is 4.52. The highest BCUT2D eigenvalue weighted by molar-refractivity contribution is 5.53. The number of hydrogen-bond acceptors (Lipinski definition) is 4. The van der Waals surface area contributed by atoms with Crippen LogP contribution >= 0.6 is 0 Å². The first-order valence-electron chi connectivity index (χ1n) is 6.77. The standard InChI is InChI=1S/C14H14F3N3O/c15-9-6-8(7-10(16)11(9)17)12-19-13(20-21-12)14(18)4-2-1-3-5-14/h6-7H,1-5,18H2. The Kier molecular flexibility index (Phi) is 3.44. The van der Waals surface area contributed by atoms with Gasteiger partial charge >= 0.3 is 0 Å². The first-order chi connectivity index (χ1) is 9.99. The van der Waals surface area contributed by atoms with E-state index in [0.717, 1.165) is 44.2 Å². The van der Waals surface area contributed by atoms with Crippen molar-refractivity contribution in [2.75, 3.05) is 0 Å². The van der Waals surface area contributed by atoms with Crippen LogP contribution in [0.2, 0.25) is 0 Å². The SMILES string of the molecule is NC1(c2noc(-c3cc(F)c(F)c(F)c3)n2)CCCCC1. The molecule has 2 N–H and O–H groups in total. The average Bonchev–Trinajstić information content (AvgIpc) is 2.95. The van der Waals surface area contributed by atoms with E-state index in [0.29, 0.717) is 5.82 Å². The van der Waals surface area contributed by atoms with Crippen LogP contribution in [-0.2, 0) is 5.54 Å². The van der Waals surface area contributed by atoms with Gasteiger partial charge in [0.15, 0.2) is 23.3 Å². The fourth-order valence-electron chi connectivity index (χ4n) is 2.63. The molecule has 7 heteroatoms. The minimum atomic E-state index is -1.53. The second kappa shape index (κ2) is 5.14. The largest absolute Gasteiger partial charge is 0.334 e. The van der Waals surface area contributed by atoms with Gasteiger partial charge in [0, 0.05) is 5.56 Å². The van der Waals surface area contributed by atoms with Crippen LogP contribution in [0.1, 0.15) is 37.9 Å². The third-order valence-electron chi connectivity index (χ3n) is 3.85. The molecule has 0 unspecified atom stereocenters. The van der Waals surface area contributed by atoms with Crippen molar-refractivity contribution in [3.63, 3.8) is 0 Å². The number of rotatable bonds is 2. The summed E-state index contributed by atoms with van der Waals surface area (Å²) in [4.78, 5) is 4.13. The van der Waals surface area contributed by atoms with Crippen molar-refractivity contribution in [3.8, 4) is 11.5 Å². The summed E-state index contributed by atoms with van der Waals surface area (Å²) in [5, 5.41) is 3.82. The molecule has 1 aliphatic carbocycles. The van der Waals surface area contributed by atoms with E-state index in [4.69, 9.17) is 10.3 Å². The Labute approximate surface area is 119 Å². The molecular weight excluding hydrogens is 283 g/mol. The van der Waals surface area contributed by atoms with Gasteiger partial charge in [-0.1, -0.05) is 24.4 Å². The molecule has 0 saturated heterocycles. The Bertz CT molecular complexity index is 642. The summed E-state index contributed by atoms with van der Waals surface area (Å²) < 4.78 is 44.4. The maximum absolute atomic E-state index is 13.2. The molecule has 0 radical (unpaired) electrons. The summed E-state index contributed by atoms with van der Waals surface area (Å²) in [7, 11) is 0. The Morgan fingerprint density at radius 2 is 1.67 bits per heavy atom. The van der Waals surface area contributed by atoms with E-state index in [-0.39, 0.29) is 11.5 Å². The normalized spacial score (nSPS) is 17.9. The third-order valence-corrected chi connectivity index (χ3v) is 3.85. The molecule has 1 heterocycles. The van der Waals surface area contributed by atoms with Gasteiger partial charge < -0.3 is 10.3 Å². The molecule has 0 atom stereocenters. The third kappa shape index (κ3) is 2.53. The van der Waals surface area contributed by atoms with Crippen molar-refractivity contribution in [3.05, 3.63) is 35.4 Å². The number of aromatic nitrogens is 2. The minimum absolute atomic E-state index is 0.00967. The van der Waals surface area contributed by atoms with E-state index >= 15 is 0 Å². The van der Waals surface area contributed by atoms with Crippen molar-refractivity contribution in [2.45, 2.75) is 37.6 Å². The number of nitrogens with two attached hydrogens (primary N) is 1. The lowest BCUT2D eigenvalue weighted by atomic mass is 9.82. The highest BCUT2D eigenvalue weighted by atomic mass is 19.2.